The van der Waals surface area contributed by atoms with Gasteiger partial charge in [0, 0.05) is 0 Å². The third-order valence-electron chi connectivity index (χ3n) is 4.83. The minimum Gasteiger partial charge on any atom is -0.354 e. The van der Waals surface area contributed by atoms with E-state index in [1.165, 1.54) is 6.33 Å². The summed E-state index contributed by atoms with van der Waals surface area (Å²) in [5.74, 6) is 0.389. The number of hydrogen-bond acceptors (Lipinski definition) is 4. The van der Waals surface area contributed by atoms with Gasteiger partial charge >= 0.3 is 5.69 Å². The van der Waals surface area contributed by atoms with E-state index in [2.05, 4.69) is 56.5 Å². The molecule has 1 fully saturated rings. The summed E-state index contributed by atoms with van der Waals surface area (Å²) in [5.41, 5.74) is 1.38. The van der Waals surface area contributed by atoms with Crippen molar-refractivity contribution in [2.75, 3.05) is 0 Å². The van der Waals surface area contributed by atoms with Crippen molar-refractivity contribution in [1.29, 1.82) is 0 Å². The Kier molecular flexibility index (Phi) is 4.06. The van der Waals surface area contributed by atoms with Crippen LogP contribution in [0.5, 0.6) is 0 Å². The largest absolute Gasteiger partial charge is 0.354 e. The molecule has 0 bridgehead atoms. The van der Waals surface area contributed by atoms with Gasteiger partial charge in [-0.15, -0.1) is 0 Å². The number of nitrogens with zero attached hydrogens (tertiary/aromatic N) is 3. The van der Waals surface area contributed by atoms with Gasteiger partial charge in [-0.25, -0.2) is 19.3 Å². The minimum absolute atomic E-state index is 0.120. The second kappa shape index (κ2) is 5.69. The maximum absolute atomic E-state index is 12.4. The molecule has 0 aliphatic carbocycles. The van der Waals surface area contributed by atoms with E-state index in [1.807, 2.05) is 0 Å². The van der Waals surface area contributed by atoms with Gasteiger partial charge in [0.25, 0.3) is 0 Å². The van der Waals surface area contributed by atoms with Crippen molar-refractivity contribution in [2.24, 2.45) is 16.7 Å². The van der Waals surface area contributed by atoms with Crippen LogP contribution in [0.1, 0.15) is 60.6 Å². The number of imidazole rings is 1. The summed E-state index contributed by atoms with van der Waals surface area (Å²) in [5, 5.41) is 0. The van der Waals surface area contributed by atoms with Gasteiger partial charge in [0.15, 0.2) is 5.65 Å². The van der Waals surface area contributed by atoms with Gasteiger partial charge in [0.05, 0.1) is 12.3 Å². The highest BCUT2D eigenvalue weighted by Gasteiger charge is 2.44. The average molecular weight is 332 g/mol. The predicted molar refractivity (Wildman–Crippen MR) is 93.7 cm³/mol. The zero-order valence-electron chi connectivity index (χ0n) is 15.5. The van der Waals surface area contributed by atoms with Crippen molar-refractivity contribution in [2.45, 2.75) is 66.7 Å². The van der Waals surface area contributed by atoms with Crippen molar-refractivity contribution in [3.05, 3.63) is 23.0 Å². The van der Waals surface area contributed by atoms with Gasteiger partial charge in [-0.1, -0.05) is 41.5 Å². The molecule has 0 radical (unpaired) electrons. The van der Waals surface area contributed by atoms with E-state index in [4.69, 9.17) is 4.74 Å². The number of nitrogens with one attached hydrogen (secondary N) is 1. The van der Waals surface area contributed by atoms with E-state index in [0.29, 0.717) is 17.1 Å². The maximum Gasteiger partial charge on any atom is 0.329 e. The first-order valence-electron chi connectivity index (χ1n) is 8.62. The fraction of sp³-hybridized carbons (Fsp3) is 0.722. The molecule has 132 valence electrons. The van der Waals surface area contributed by atoms with Gasteiger partial charge in [-0.3, -0.25) is 0 Å². The molecular weight excluding hydrogens is 304 g/mol. The third-order valence-corrected chi connectivity index (χ3v) is 4.83. The van der Waals surface area contributed by atoms with Crippen LogP contribution in [0.2, 0.25) is 0 Å². The summed E-state index contributed by atoms with van der Waals surface area (Å²) in [6.07, 6.45) is 4.74. The fourth-order valence-corrected chi connectivity index (χ4v) is 3.73. The molecule has 2 aromatic heterocycles. The van der Waals surface area contributed by atoms with Crippen LogP contribution in [0.3, 0.4) is 0 Å². The molecule has 6 heteroatoms. The number of rotatable bonds is 2. The first kappa shape index (κ1) is 17.1. The van der Waals surface area contributed by atoms with Gasteiger partial charge in [-0.05, 0) is 29.6 Å². The monoisotopic (exact) mass is 332 g/mol. The highest BCUT2D eigenvalue weighted by molar-refractivity contribution is 5.68. The topological polar surface area (TPSA) is 72.8 Å². The Morgan fingerprint density at radius 3 is 2.62 bits per heavy atom. The van der Waals surface area contributed by atoms with Gasteiger partial charge in [0.2, 0.25) is 0 Å². The maximum atomic E-state index is 12.4. The lowest BCUT2D eigenvalue weighted by molar-refractivity contribution is -0.0320. The fourth-order valence-electron chi connectivity index (χ4n) is 3.73. The van der Waals surface area contributed by atoms with E-state index in [-0.39, 0.29) is 28.9 Å². The second-order valence-corrected chi connectivity index (χ2v) is 9.16. The summed E-state index contributed by atoms with van der Waals surface area (Å²) in [6, 6.07) is 0. The number of fused-ring (bicyclic) bond motifs is 1. The van der Waals surface area contributed by atoms with Crippen LogP contribution in [0.25, 0.3) is 11.2 Å². The molecule has 1 unspecified atom stereocenters. The molecule has 0 spiro atoms. The van der Waals surface area contributed by atoms with E-state index < -0.39 is 0 Å². The number of aromatic nitrogens is 4. The Bertz CT molecular complexity index is 779. The summed E-state index contributed by atoms with van der Waals surface area (Å²) in [7, 11) is 0. The Labute approximate surface area is 142 Å². The third kappa shape index (κ3) is 3.24. The molecule has 0 aromatic carbocycles. The highest BCUT2D eigenvalue weighted by atomic mass is 16.5. The lowest BCUT2D eigenvalue weighted by atomic mass is 9.73. The molecule has 6 nitrogen and oxygen atoms in total. The molecule has 0 saturated carbocycles. The summed E-state index contributed by atoms with van der Waals surface area (Å²) >= 11 is 0. The highest BCUT2D eigenvalue weighted by Crippen LogP contribution is 2.46. The van der Waals surface area contributed by atoms with Crippen molar-refractivity contribution in [3.63, 3.8) is 0 Å². The van der Waals surface area contributed by atoms with Crippen LogP contribution in [-0.4, -0.2) is 25.6 Å². The lowest BCUT2D eigenvalue weighted by Crippen LogP contribution is -2.31. The SMILES string of the molecule is CC(C)(C)C[C@H]1O[C@@H](n2c(=O)[nH]c3cncnc32)CC1C(C)(C)C. The van der Waals surface area contributed by atoms with E-state index in [0.717, 1.165) is 12.8 Å². The Balaban J connectivity index is 1.98. The number of aromatic amines is 1. The van der Waals surface area contributed by atoms with Crippen molar-refractivity contribution >= 4 is 11.2 Å². The van der Waals surface area contributed by atoms with Crippen LogP contribution in [0.4, 0.5) is 0 Å². The van der Waals surface area contributed by atoms with Gasteiger partial charge in [0.1, 0.15) is 18.1 Å². The smallest absolute Gasteiger partial charge is 0.329 e. The molecule has 1 aliphatic rings. The normalized spacial score (nSPS) is 25.5. The van der Waals surface area contributed by atoms with E-state index in [9.17, 15) is 4.79 Å². The molecular formula is C18H28N4O2. The molecule has 1 aliphatic heterocycles. The average Bonchev–Trinajstić information content (AvgIpc) is 2.96. The molecule has 3 rings (SSSR count). The van der Waals surface area contributed by atoms with Gasteiger partial charge < -0.3 is 9.72 Å². The first-order chi connectivity index (χ1) is 11.1. The van der Waals surface area contributed by atoms with Crippen molar-refractivity contribution < 1.29 is 4.74 Å². The van der Waals surface area contributed by atoms with Crippen LogP contribution in [0, 0.1) is 16.7 Å². The number of ether oxygens (including phenoxy) is 1. The Morgan fingerprint density at radius 1 is 1.29 bits per heavy atom. The van der Waals surface area contributed by atoms with Gasteiger partial charge in [-0.2, -0.15) is 0 Å². The molecule has 1 saturated heterocycles. The van der Waals surface area contributed by atoms with E-state index >= 15 is 0 Å². The molecule has 24 heavy (non-hydrogen) atoms. The molecule has 3 heterocycles. The van der Waals surface area contributed by atoms with Crippen molar-refractivity contribution in [3.8, 4) is 0 Å². The molecule has 3 atom stereocenters. The quantitative estimate of drug-likeness (QED) is 0.913. The van der Waals surface area contributed by atoms with Crippen LogP contribution < -0.4 is 5.69 Å². The summed E-state index contributed by atoms with van der Waals surface area (Å²) in [6.45, 7) is 13.4. The lowest BCUT2D eigenvalue weighted by Gasteiger charge is -2.33. The Morgan fingerprint density at radius 2 is 2.00 bits per heavy atom. The zero-order valence-corrected chi connectivity index (χ0v) is 15.5. The zero-order chi connectivity index (χ0) is 17.7. The standard InChI is InChI=1S/C18H28N4O2/c1-17(2,3)8-13-11(18(4,5)6)7-14(24-13)22-15-12(21-16(22)23)9-19-10-20-15/h9-11,13-14H,7-8H2,1-6H3,(H,21,23)/t11?,13-,14-/m1/s1. The predicted octanol–water partition coefficient (Wildman–Crippen LogP) is 3.51. The summed E-state index contributed by atoms with van der Waals surface area (Å²) < 4.78 is 8.04. The molecule has 0 amide bonds. The van der Waals surface area contributed by atoms with Crippen LogP contribution in [0.15, 0.2) is 17.3 Å². The second-order valence-electron chi connectivity index (χ2n) is 9.16. The Hall–Kier alpha value is -1.69. The van der Waals surface area contributed by atoms with E-state index in [1.54, 1.807) is 10.8 Å². The first-order valence-corrected chi connectivity index (χ1v) is 8.62. The molecule has 2 aromatic rings. The van der Waals surface area contributed by atoms with Crippen LogP contribution in [-0.2, 0) is 4.74 Å². The summed E-state index contributed by atoms with van der Waals surface area (Å²) in [4.78, 5) is 23.5. The number of H-pyrrole nitrogens is 1. The minimum atomic E-state index is -0.280. The number of hydrogen-bond donors (Lipinski definition) is 1. The molecule has 1 N–H and O–H groups in total. The van der Waals surface area contributed by atoms with Crippen LogP contribution >= 0.6 is 0 Å². The van der Waals surface area contributed by atoms with Crippen molar-refractivity contribution in [1.82, 2.24) is 19.5 Å².